The number of hydrogen-bond acceptors (Lipinski definition) is 7. The molecule has 3 heterocycles. The van der Waals surface area contributed by atoms with E-state index < -0.39 is 12.0 Å². The number of allylic oxidation sites excluding steroid dienone is 1. The van der Waals surface area contributed by atoms with E-state index in [9.17, 15) is 14.4 Å². The molecule has 1 N–H and O–H groups in total. The van der Waals surface area contributed by atoms with Crippen LogP contribution in [-0.4, -0.2) is 29.2 Å². The van der Waals surface area contributed by atoms with Gasteiger partial charge in [-0.05, 0) is 56.0 Å². The van der Waals surface area contributed by atoms with Crippen LogP contribution >= 0.6 is 11.3 Å². The van der Waals surface area contributed by atoms with Crippen LogP contribution in [0.25, 0.3) is 17.0 Å². The fourth-order valence-corrected chi connectivity index (χ4v) is 5.47. The summed E-state index contributed by atoms with van der Waals surface area (Å²) in [6.45, 7) is 5.66. The van der Waals surface area contributed by atoms with E-state index in [4.69, 9.17) is 9.47 Å². The summed E-state index contributed by atoms with van der Waals surface area (Å²) >= 11 is 1.18. The number of H-pyrrole nitrogens is 1. The van der Waals surface area contributed by atoms with Gasteiger partial charge in [0.25, 0.3) is 11.1 Å². The molecule has 0 saturated heterocycles. The number of hydrogen-bond donors (Lipinski definition) is 1. The van der Waals surface area contributed by atoms with Crippen LogP contribution in [0.4, 0.5) is 0 Å². The average molecular weight is 516 g/mol. The van der Waals surface area contributed by atoms with Crippen LogP contribution in [0, 0.1) is 6.92 Å². The Balaban J connectivity index is 1.71. The van der Waals surface area contributed by atoms with E-state index in [0.717, 1.165) is 16.5 Å². The zero-order valence-corrected chi connectivity index (χ0v) is 21.6. The molecule has 4 aromatic rings. The first-order chi connectivity index (χ1) is 17.8. The van der Waals surface area contributed by atoms with Crippen LogP contribution in [-0.2, 0) is 9.53 Å². The number of ether oxygens (including phenoxy) is 2. The maximum absolute atomic E-state index is 13.7. The lowest BCUT2D eigenvalue weighted by molar-refractivity contribution is -0.139. The molecule has 0 aliphatic carbocycles. The van der Waals surface area contributed by atoms with Crippen molar-refractivity contribution >= 4 is 34.3 Å². The number of thiazole rings is 1. The largest absolute Gasteiger partial charge is 0.497 e. The Hall–Kier alpha value is -4.24. The summed E-state index contributed by atoms with van der Waals surface area (Å²) in [5, 5.41) is 0.803. The molecule has 0 fully saturated rings. The second-order valence-electron chi connectivity index (χ2n) is 8.72. The minimum Gasteiger partial charge on any atom is -0.497 e. The highest BCUT2D eigenvalue weighted by atomic mass is 32.1. The maximum atomic E-state index is 13.7. The summed E-state index contributed by atoms with van der Waals surface area (Å²) in [7, 11) is 1.56. The lowest BCUT2D eigenvalue weighted by Gasteiger charge is -2.24. The zero-order chi connectivity index (χ0) is 26.3. The van der Waals surface area contributed by atoms with E-state index in [2.05, 4.69) is 9.98 Å². The first kappa shape index (κ1) is 24.5. The molecule has 2 aromatic carbocycles. The van der Waals surface area contributed by atoms with Crippen LogP contribution < -0.4 is 25.2 Å². The highest BCUT2D eigenvalue weighted by Gasteiger charge is 2.33. The second kappa shape index (κ2) is 9.67. The molecule has 0 amide bonds. The third-order valence-electron chi connectivity index (χ3n) is 6.28. The van der Waals surface area contributed by atoms with Gasteiger partial charge in [0, 0.05) is 11.6 Å². The Morgan fingerprint density at radius 2 is 1.89 bits per heavy atom. The number of nitrogens with zero attached hydrogens (tertiary/aromatic N) is 2. The van der Waals surface area contributed by atoms with Gasteiger partial charge in [-0.15, -0.1) is 0 Å². The molecule has 0 unspecified atom stereocenters. The van der Waals surface area contributed by atoms with Crippen molar-refractivity contribution in [3.63, 3.8) is 0 Å². The van der Waals surface area contributed by atoms with Gasteiger partial charge in [0.15, 0.2) is 4.80 Å². The number of aryl methyl sites for hydroxylation is 1. The average Bonchev–Trinajstić information content (AvgIpc) is 3.18. The summed E-state index contributed by atoms with van der Waals surface area (Å²) in [6.07, 6.45) is 1.57. The number of fused-ring (bicyclic) bond motifs is 2. The van der Waals surface area contributed by atoms with Gasteiger partial charge in [-0.3, -0.25) is 14.2 Å². The maximum Gasteiger partial charge on any atom is 0.338 e. The topological polar surface area (TPSA) is 103 Å². The fraction of sp³-hybridized carbons (Fsp3) is 0.214. The van der Waals surface area contributed by atoms with Gasteiger partial charge >= 0.3 is 5.97 Å². The van der Waals surface area contributed by atoms with E-state index in [1.807, 2.05) is 37.3 Å². The van der Waals surface area contributed by atoms with Crippen molar-refractivity contribution in [2.75, 3.05) is 13.7 Å². The van der Waals surface area contributed by atoms with Crippen LogP contribution in [0.15, 0.2) is 74.4 Å². The Morgan fingerprint density at radius 3 is 2.59 bits per heavy atom. The van der Waals surface area contributed by atoms with E-state index in [-0.39, 0.29) is 17.7 Å². The van der Waals surface area contributed by atoms with Crippen molar-refractivity contribution in [2.24, 2.45) is 4.99 Å². The van der Waals surface area contributed by atoms with Crippen molar-refractivity contribution in [2.45, 2.75) is 26.8 Å². The van der Waals surface area contributed by atoms with Gasteiger partial charge in [-0.1, -0.05) is 41.2 Å². The fourth-order valence-electron chi connectivity index (χ4n) is 4.43. The summed E-state index contributed by atoms with van der Waals surface area (Å²) < 4.78 is 12.4. The summed E-state index contributed by atoms with van der Waals surface area (Å²) in [5.74, 6) is 0.123. The number of carbonyl (C=O) groups excluding carboxylic acids is 1. The van der Waals surface area contributed by atoms with E-state index in [0.29, 0.717) is 37.4 Å². The summed E-state index contributed by atoms with van der Waals surface area (Å²) in [4.78, 5) is 47.5. The number of aromatic nitrogens is 2. The third kappa shape index (κ3) is 4.42. The van der Waals surface area contributed by atoms with Crippen molar-refractivity contribution < 1.29 is 14.3 Å². The molecule has 0 radical (unpaired) electrons. The van der Waals surface area contributed by atoms with Crippen LogP contribution in [0.3, 0.4) is 0 Å². The molecule has 9 heteroatoms. The van der Waals surface area contributed by atoms with Crippen LogP contribution in [0.2, 0.25) is 0 Å². The van der Waals surface area contributed by atoms with E-state index >= 15 is 0 Å². The minimum absolute atomic E-state index is 0.206. The van der Waals surface area contributed by atoms with Gasteiger partial charge in [-0.25, -0.2) is 9.79 Å². The number of esters is 1. The van der Waals surface area contributed by atoms with Gasteiger partial charge in [0.1, 0.15) is 5.75 Å². The Labute approximate surface area is 215 Å². The number of rotatable bonds is 5. The van der Waals surface area contributed by atoms with Crippen molar-refractivity contribution in [1.82, 2.24) is 9.55 Å². The molecule has 1 aliphatic rings. The molecule has 1 atom stereocenters. The molecular weight excluding hydrogens is 490 g/mol. The van der Waals surface area contributed by atoms with Gasteiger partial charge < -0.3 is 14.5 Å². The Morgan fingerprint density at radius 1 is 1.14 bits per heavy atom. The number of nitrogens with one attached hydrogen (secondary N) is 1. The predicted octanol–water partition coefficient (Wildman–Crippen LogP) is 2.96. The molecule has 1 aliphatic heterocycles. The first-order valence-corrected chi connectivity index (χ1v) is 12.6. The smallest absolute Gasteiger partial charge is 0.338 e. The van der Waals surface area contributed by atoms with E-state index in [1.54, 1.807) is 45.2 Å². The standard InChI is InChI=1S/C28H25N3O5S/c1-5-36-27(34)23-16(3)29-28-31(24(23)17-8-6-15(2)7-9-17)26(33)22(37-28)13-19-12-18-10-11-20(35-4)14-21(18)30-25(19)32/h6-14,24H,5H2,1-4H3,(H,30,32)/b22-13-/t24-/m0/s1. The Kier molecular flexibility index (Phi) is 6.39. The lowest BCUT2D eigenvalue weighted by Crippen LogP contribution is -2.40. The highest BCUT2D eigenvalue weighted by Crippen LogP contribution is 2.30. The van der Waals surface area contributed by atoms with Gasteiger partial charge in [-0.2, -0.15) is 0 Å². The normalized spacial score (nSPS) is 15.5. The van der Waals surface area contributed by atoms with Gasteiger partial charge in [0.05, 0.1) is 41.1 Å². The number of carbonyl (C=O) groups is 1. The molecule has 0 spiro atoms. The number of methoxy groups -OCH3 is 1. The molecule has 0 saturated carbocycles. The minimum atomic E-state index is -0.694. The molecule has 0 bridgehead atoms. The van der Waals surface area contributed by atoms with Crippen molar-refractivity contribution in [3.8, 4) is 5.75 Å². The van der Waals surface area contributed by atoms with Crippen molar-refractivity contribution in [1.29, 1.82) is 0 Å². The van der Waals surface area contributed by atoms with Gasteiger partial charge in [0.2, 0.25) is 0 Å². The molecular formula is C28H25N3O5S. The quantitative estimate of drug-likeness (QED) is 0.412. The number of aromatic amines is 1. The van der Waals surface area contributed by atoms with Crippen molar-refractivity contribution in [3.05, 3.63) is 107 Å². The monoisotopic (exact) mass is 515 g/mol. The number of benzene rings is 2. The third-order valence-corrected chi connectivity index (χ3v) is 7.26. The van der Waals surface area contributed by atoms with Crippen LogP contribution in [0.1, 0.15) is 36.6 Å². The number of pyridine rings is 1. The molecule has 5 rings (SSSR count). The molecule has 8 nitrogen and oxygen atoms in total. The van der Waals surface area contributed by atoms with E-state index in [1.165, 1.54) is 15.9 Å². The Bertz CT molecular complexity index is 1810. The summed E-state index contributed by atoms with van der Waals surface area (Å²) in [6, 6.07) is 14.1. The second-order valence-corrected chi connectivity index (χ2v) is 9.73. The molecule has 188 valence electrons. The zero-order valence-electron chi connectivity index (χ0n) is 20.8. The molecule has 2 aromatic heterocycles. The lowest BCUT2D eigenvalue weighted by atomic mass is 9.95. The molecule has 37 heavy (non-hydrogen) atoms. The predicted molar refractivity (Wildman–Crippen MR) is 143 cm³/mol. The summed E-state index contributed by atoms with van der Waals surface area (Å²) in [5.41, 5.74) is 2.96. The van der Waals surface area contributed by atoms with Crippen LogP contribution in [0.5, 0.6) is 5.75 Å². The first-order valence-electron chi connectivity index (χ1n) is 11.8. The highest BCUT2D eigenvalue weighted by molar-refractivity contribution is 7.07. The SMILES string of the molecule is CCOC(=O)C1=C(C)N=c2s/c(=C\c3cc4ccc(OC)cc4[nH]c3=O)c(=O)n2[C@H]1c1ccc(C)cc1.